The number of carbonyl (C=O) groups is 4. The number of benzene rings is 2. The average Bonchev–Trinajstić information content (AvgIpc) is 3.52. The number of imide groups is 2. The van der Waals surface area contributed by atoms with Crippen LogP contribution in [0.4, 0.5) is 9.59 Å². The lowest BCUT2D eigenvalue weighted by Crippen LogP contribution is -2.53. The van der Waals surface area contributed by atoms with Gasteiger partial charge in [-0.1, -0.05) is 66.7 Å². The second kappa shape index (κ2) is 8.20. The van der Waals surface area contributed by atoms with E-state index >= 15 is 0 Å². The van der Waals surface area contributed by atoms with E-state index < -0.39 is 29.5 Å². The zero-order valence-electron chi connectivity index (χ0n) is 18.0. The molecule has 8 heteroatoms. The number of ether oxygens (including phenoxy) is 1. The molecular formula is C25H23N3O5. The van der Waals surface area contributed by atoms with Gasteiger partial charge in [0.05, 0.1) is 13.1 Å². The Balaban J connectivity index is 1.55. The molecule has 2 aromatic rings. The summed E-state index contributed by atoms with van der Waals surface area (Å²) in [5.41, 5.74) is 0.390. The second-order valence-electron chi connectivity index (χ2n) is 8.32. The molecule has 0 aromatic heterocycles. The largest absolute Gasteiger partial charge is 0.447 e. The lowest BCUT2D eigenvalue weighted by Gasteiger charge is -2.34. The fourth-order valence-corrected chi connectivity index (χ4v) is 4.83. The van der Waals surface area contributed by atoms with Crippen molar-refractivity contribution in [2.45, 2.75) is 31.5 Å². The molecule has 0 saturated carbocycles. The molecule has 0 radical (unpaired) electrons. The minimum atomic E-state index is -1.44. The fraction of sp³-hybridized carbons (Fsp3) is 0.280. The van der Waals surface area contributed by atoms with E-state index in [1.165, 1.54) is 9.80 Å². The molecule has 2 fully saturated rings. The average molecular weight is 445 g/mol. The summed E-state index contributed by atoms with van der Waals surface area (Å²) in [4.78, 5) is 56.7. The van der Waals surface area contributed by atoms with Gasteiger partial charge in [-0.3, -0.25) is 14.5 Å². The molecule has 2 aliphatic heterocycles. The van der Waals surface area contributed by atoms with Gasteiger partial charge in [0.1, 0.15) is 6.61 Å². The van der Waals surface area contributed by atoms with Crippen molar-refractivity contribution in [2.75, 3.05) is 13.2 Å². The van der Waals surface area contributed by atoms with Gasteiger partial charge < -0.3 is 9.64 Å². The van der Waals surface area contributed by atoms with Crippen molar-refractivity contribution in [1.82, 2.24) is 14.7 Å². The monoisotopic (exact) mass is 445 g/mol. The molecule has 8 nitrogen and oxygen atoms in total. The lowest BCUT2D eigenvalue weighted by atomic mass is 9.88. The van der Waals surface area contributed by atoms with Crippen LogP contribution < -0.4 is 0 Å². The summed E-state index contributed by atoms with van der Waals surface area (Å²) in [6.45, 7) is 0.524. The number of nitrogens with zero attached hydrogens (tertiary/aromatic N) is 3. The van der Waals surface area contributed by atoms with Crippen LogP contribution >= 0.6 is 0 Å². The van der Waals surface area contributed by atoms with Crippen molar-refractivity contribution in [3.05, 3.63) is 83.4 Å². The van der Waals surface area contributed by atoms with Crippen LogP contribution in [-0.2, 0) is 27.4 Å². The summed E-state index contributed by atoms with van der Waals surface area (Å²) < 4.78 is 4.93. The Labute approximate surface area is 191 Å². The van der Waals surface area contributed by atoms with Gasteiger partial charge in [0, 0.05) is 12.1 Å². The van der Waals surface area contributed by atoms with Gasteiger partial charge >= 0.3 is 12.1 Å². The maximum atomic E-state index is 13.9. The standard InChI is InChI=1S/C25H23N3O5/c29-21(26-14-15-33-24(26)32)20-12-7-13-25(20)22(30)27(16-18-8-3-1-4-9-18)23(31)28(25)17-19-10-5-2-6-11-19/h1-6,8-12H,7,13-17H2. The zero-order valence-corrected chi connectivity index (χ0v) is 18.0. The second-order valence-corrected chi connectivity index (χ2v) is 8.32. The molecule has 5 rings (SSSR count). The smallest absolute Gasteiger partial charge is 0.416 e. The van der Waals surface area contributed by atoms with Crippen molar-refractivity contribution in [1.29, 1.82) is 0 Å². The predicted octanol–water partition coefficient (Wildman–Crippen LogP) is 3.09. The van der Waals surface area contributed by atoms with E-state index in [9.17, 15) is 19.2 Å². The SMILES string of the molecule is O=C1OCCN1C(=O)C1=CCCC12C(=O)N(Cc1ccccc1)C(=O)N2Cc1ccccc1. The summed E-state index contributed by atoms with van der Waals surface area (Å²) >= 11 is 0. The first-order valence-corrected chi connectivity index (χ1v) is 10.9. The van der Waals surface area contributed by atoms with Crippen LogP contribution in [0.3, 0.4) is 0 Å². The Morgan fingerprint density at radius 1 is 0.909 bits per heavy atom. The maximum Gasteiger partial charge on any atom is 0.416 e. The van der Waals surface area contributed by atoms with Crippen LogP contribution in [0.5, 0.6) is 0 Å². The van der Waals surface area contributed by atoms with Crippen molar-refractivity contribution < 1.29 is 23.9 Å². The van der Waals surface area contributed by atoms with Gasteiger partial charge in [-0.25, -0.2) is 14.5 Å². The van der Waals surface area contributed by atoms with Crippen LogP contribution in [0, 0.1) is 0 Å². The van der Waals surface area contributed by atoms with Gasteiger partial charge in [0.15, 0.2) is 5.54 Å². The van der Waals surface area contributed by atoms with Gasteiger partial charge in [-0.15, -0.1) is 0 Å². The summed E-state index contributed by atoms with van der Waals surface area (Å²) in [7, 11) is 0. The highest BCUT2D eigenvalue weighted by molar-refractivity contribution is 6.17. The molecule has 2 heterocycles. The van der Waals surface area contributed by atoms with E-state index in [1.807, 2.05) is 60.7 Å². The molecule has 3 aliphatic rings. The Morgan fingerprint density at radius 2 is 1.55 bits per heavy atom. The number of cyclic esters (lactones) is 1. The minimum Gasteiger partial charge on any atom is -0.447 e. The zero-order chi connectivity index (χ0) is 23.0. The van der Waals surface area contributed by atoms with Crippen LogP contribution in [0.2, 0.25) is 0 Å². The first-order chi connectivity index (χ1) is 16.0. The number of hydrogen-bond acceptors (Lipinski definition) is 5. The van der Waals surface area contributed by atoms with Gasteiger partial charge in [-0.05, 0) is 24.0 Å². The first-order valence-electron chi connectivity index (χ1n) is 10.9. The molecule has 2 aromatic carbocycles. The van der Waals surface area contributed by atoms with Crippen LogP contribution in [0.15, 0.2) is 72.3 Å². The summed E-state index contributed by atoms with van der Waals surface area (Å²) in [6, 6.07) is 18.2. The van der Waals surface area contributed by atoms with E-state index in [0.29, 0.717) is 12.8 Å². The maximum absolute atomic E-state index is 13.9. The summed E-state index contributed by atoms with van der Waals surface area (Å²) in [6.07, 6.45) is 1.70. The number of urea groups is 1. The van der Waals surface area contributed by atoms with E-state index in [2.05, 4.69) is 0 Å². The number of carbonyl (C=O) groups excluding carboxylic acids is 4. The quantitative estimate of drug-likeness (QED) is 0.660. The molecule has 1 unspecified atom stereocenters. The third-order valence-corrected chi connectivity index (χ3v) is 6.43. The van der Waals surface area contributed by atoms with Crippen LogP contribution in [0.25, 0.3) is 0 Å². The molecule has 5 amide bonds. The fourth-order valence-electron chi connectivity index (χ4n) is 4.83. The van der Waals surface area contributed by atoms with Gasteiger partial charge in [0.25, 0.3) is 11.8 Å². The third-order valence-electron chi connectivity index (χ3n) is 6.43. The van der Waals surface area contributed by atoms with Gasteiger partial charge in [-0.2, -0.15) is 0 Å². The molecule has 1 aliphatic carbocycles. The summed E-state index contributed by atoms with van der Waals surface area (Å²) in [5.74, 6) is -1.01. The lowest BCUT2D eigenvalue weighted by molar-refractivity contribution is -0.135. The van der Waals surface area contributed by atoms with E-state index in [0.717, 1.165) is 16.0 Å². The van der Waals surface area contributed by atoms with E-state index in [1.54, 1.807) is 6.08 Å². The van der Waals surface area contributed by atoms with Crippen LogP contribution in [-0.4, -0.2) is 57.3 Å². The normalized spacial score (nSPS) is 22.4. The molecule has 168 valence electrons. The van der Waals surface area contributed by atoms with Crippen LogP contribution in [0.1, 0.15) is 24.0 Å². The van der Waals surface area contributed by atoms with Gasteiger partial charge in [0.2, 0.25) is 0 Å². The van der Waals surface area contributed by atoms with E-state index in [-0.39, 0.29) is 31.8 Å². The molecule has 0 N–H and O–H groups in total. The molecular weight excluding hydrogens is 422 g/mol. The Kier molecular flexibility index (Phi) is 5.20. The highest BCUT2D eigenvalue weighted by atomic mass is 16.6. The van der Waals surface area contributed by atoms with Crippen molar-refractivity contribution >= 4 is 23.9 Å². The van der Waals surface area contributed by atoms with Crippen molar-refractivity contribution in [2.24, 2.45) is 0 Å². The molecule has 33 heavy (non-hydrogen) atoms. The topological polar surface area (TPSA) is 87.2 Å². The molecule has 2 saturated heterocycles. The highest BCUT2D eigenvalue weighted by Crippen LogP contribution is 2.45. The first kappa shape index (κ1) is 20.9. The number of allylic oxidation sites excluding steroid dienone is 1. The predicted molar refractivity (Wildman–Crippen MR) is 117 cm³/mol. The number of rotatable bonds is 5. The number of amides is 5. The Morgan fingerprint density at radius 3 is 2.15 bits per heavy atom. The van der Waals surface area contributed by atoms with E-state index in [4.69, 9.17) is 4.74 Å². The van der Waals surface area contributed by atoms with Crippen molar-refractivity contribution in [3.8, 4) is 0 Å². The third kappa shape index (κ3) is 3.38. The highest BCUT2D eigenvalue weighted by Gasteiger charge is 2.62. The minimum absolute atomic E-state index is 0.110. The number of hydrogen-bond donors (Lipinski definition) is 0. The Bertz CT molecular complexity index is 1150. The molecule has 1 spiro atoms. The summed E-state index contributed by atoms with van der Waals surface area (Å²) in [5, 5.41) is 0. The van der Waals surface area contributed by atoms with Crippen molar-refractivity contribution in [3.63, 3.8) is 0 Å². The molecule has 0 bridgehead atoms. The molecule has 1 atom stereocenters. The Hall–Kier alpha value is -3.94.